The molecule has 0 unspecified atom stereocenters. The largest absolute Gasteiger partial charge is 0.506 e. The Morgan fingerprint density at radius 2 is 1.85 bits per heavy atom. The van der Waals surface area contributed by atoms with Gasteiger partial charge in [0.15, 0.2) is 5.11 Å². The average Bonchev–Trinajstić information content (AvgIpc) is 3.27. The lowest BCUT2D eigenvalue weighted by molar-refractivity contribution is 0.467. The standard InChI is InChI=1S/C21H22N4OS/c1-14(2)24-13-7-10-17(24)20-19(15-8-5-6-12-22-15)23-21(27)25(20)16-9-3-4-11-18(16)26/h3-14,19-20,26H,1-2H3,(H,23,27)/t19-,20+/m0/s1. The number of para-hydroxylation sites is 2. The fourth-order valence-corrected chi connectivity index (χ4v) is 4.05. The lowest BCUT2D eigenvalue weighted by Gasteiger charge is -2.30. The summed E-state index contributed by atoms with van der Waals surface area (Å²) in [6.07, 6.45) is 3.88. The van der Waals surface area contributed by atoms with E-state index in [4.69, 9.17) is 12.2 Å². The second-order valence-electron chi connectivity index (χ2n) is 6.92. The quantitative estimate of drug-likeness (QED) is 0.661. The molecule has 138 valence electrons. The van der Waals surface area contributed by atoms with Gasteiger partial charge in [0.05, 0.1) is 17.4 Å². The van der Waals surface area contributed by atoms with Gasteiger partial charge in [-0.25, -0.2) is 0 Å². The van der Waals surface area contributed by atoms with Crippen LogP contribution in [0.1, 0.15) is 43.4 Å². The van der Waals surface area contributed by atoms with Crippen LogP contribution in [0.25, 0.3) is 0 Å². The molecule has 1 aliphatic heterocycles. The molecule has 4 rings (SSSR count). The number of benzene rings is 1. The number of phenols is 1. The van der Waals surface area contributed by atoms with Crippen molar-refractivity contribution in [2.75, 3.05) is 4.90 Å². The van der Waals surface area contributed by atoms with Gasteiger partial charge in [0.1, 0.15) is 11.8 Å². The summed E-state index contributed by atoms with van der Waals surface area (Å²) in [7, 11) is 0. The highest BCUT2D eigenvalue weighted by Crippen LogP contribution is 2.44. The Bertz CT molecular complexity index is 954. The number of nitrogens with one attached hydrogen (secondary N) is 1. The van der Waals surface area contributed by atoms with Crippen LogP contribution >= 0.6 is 12.2 Å². The topological polar surface area (TPSA) is 53.3 Å². The highest BCUT2D eigenvalue weighted by atomic mass is 32.1. The Balaban J connectivity index is 1.88. The highest BCUT2D eigenvalue weighted by molar-refractivity contribution is 7.80. The Labute approximate surface area is 164 Å². The average molecular weight is 379 g/mol. The predicted octanol–water partition coefficient (Wildman–Crippen LogP) is 4.35. The molecular formula is C21H22N4OS. The fraction of sp³-hybridized carbons (Fsp3) is 0.238. The molecule has 1 fully saturated rings. The number of nitrogens with zero attached hydrogens (tertiary/aromatic N) is 3. The minimum absolute atomic E-state index is 0.120. The Hall–Kier alpha value is -2.86. The summed E-state index contributed by atoms with van der Waals surface area (Å²) >= 11 is 5.69. The van der Waals surface area contributed by atoms with Gasteiger partial charge < -0.3 is 19.9 Å². The van der Waals surface area contributed by atoms with Crippen LogP contribution in [0.5, 0.6) is 5.75 Å². The van der Waals surface area contributed by atoms with Crippen molar-refractivity contribution in [2.24, 2.45) is 0 Å². The zero-order valence-corrected chi connectivity index (χ0v) is 16.1. The van der Waals surface area contributed by atoms with E-state index in [-0.39, 0.29) is 17.8 Å². The van der Waals surface area contributed by atoms with Crippen molar-refractivity contribution >= 4 is 23.0 Å². The van der Waals surface area contributed by atoms with E-state index >= 15 is 0 Å². The van der Waals surface area contributed by atoms with Crippen LogP contribution < -0.4 is 10.2 Å². The highest BCUT2D eigenvalue weighted by Gasteiger charge is 2.42. The van der Waals surface area contributed by atoms with Gasteiger partial charge in [-0.15, -0.1) is 0 Å². The maximum atomic E-state index is 10.5. The van der Waals surface area contributed by atoms with E-state index < -0.39 is 0 Å². The minimum Gasteiger partial charge on any atom is -0.506 e. The maximum absolute atomic E-state index is 10.5. The monoisotopic (exact) mass is 378 g/mol. The molecule has 6 heteroatoms. The van der Waals surface area contributed by atoms with Crippen LogP contribution in [0.3, 0.4) is 0 Å². The number of anilines is 1. The molecule has 0 amide bonds. The molecule has 1 aromatic carbocycles. The Morgan fingerprint density at radius 3 is 2.56 bits per heavy atom. The summed E-state index contributed by atoms with van der Waals surface area (Å²) in [5.74, 6) is 0.205. The third kappa shape index (κ3) is 3.06. The summed E-state index contributed by atoms with van der Waals surface area (Å²) in [6, 6.07) is 17.4. The van der Waals surface area contributed by atoms with Crippen LogP contribution in [0.2, 0.25) is 0 Å². The maximum Gasteiger partial charge on any atom is 0.174 e. The summed E-state index contributed by atoms with van der Waals surface area (Å²) in [5.41, 5.74) is 2.73. The smallest absolute Gasteiger partial charge is 0.174 e. The third-order valence-electron chi connectivity index (χ3n) is 4.91. The molecule has 0 aliphatic carbocycles. The molecule has 3 aromatic rings. The van der Waals surface area contributed by atoms with E-state index in [1.807, 2.05) is 41.3 Å². The Kier molecular flexibility index (Phi) is 4.58. The number of hydrogen-bond donors (Lipinski definition) is 2. The van der Waals surface area contributed by atoms with Crippen molar-refractivity contribution in [1.29, 1.82) is 0 Å². The van der Waals surface area contributed by atoms with Crippen molar-refractivity contribution in [1.82, 2.24) is 14.9 Å². The second kappa shape index (κ2) is 7.04. The number of phenolic OH excluding ortho intramolecular Hbond substituents is 1. The third-order valence-corrected chi connectivity index (χ3v) is 5.23. The van der Waals surface area contributed by atoms with Gasteiger partial charge in [0, 0.05) is 24.1 Å². The van der Waals surface area contributed by atoms with Gasteiger partial charge >= 0.3 is 0 Å². The zero-order chi connectivity index (χ0) is 19.0. The molecule has 0 bridgehead atoms. The van der Waals surface area contributed by atoms with Crippen molar-refractivity contribution in [2.45, 2.75) is 32.0 Å². The van der Waals surface area contributed by atoms with Crippen LogP contribution in [-0.2, 0) is 0 Å². The van der Waals surface area contributed by atoms with Gasteiger partial charge in [0.2, 0.25) is 0 Å². The molecule has 0 spiro atoms. The number of rotatable bonds is 4. The fourth-order valence-electron chi connectivity index (χ4n) is 3.71. The summed E-state index contributed by atoms with van der Waals surface area (Å²) in [5, 5.41) is 14.5. The lowest BCUT2D eigenvalue weighted by Crippen LogP contribution is -2.30. The summed E-state index contributed by atoms with van der Waals surface area (Å²) < 4.78 is 2.24. The summed E-state index contributed by atoms with van der Waals surface area (Å²) in [4.78, 5) is 6.56. The van der Waals surface area contributed by atoms with Crippen molar-refractivity contribution in [3.8, 4) is 5.75 Å². The van der Waals surface area contributed by atoms with E-state index in [2.05, 4.69) is 47.0 Å². The first-order valence-electron chi connectivity index (χ1n) is 9.03. The number of thiocarbonyl (C=S) groups is 1. The van der Waals surface area contributed by atoms with Crippen LogP contribution in [0, 0.1) is 0 Å². The first-order valence-corrected chi connectivity index (χ1v) is 9.44. The first-order chi connectivity index (χ1) is 13.1. The molecule has 1 saturated heterocycles. The van der Waals surface area contributed by atoms with Crippen molar-refractivity contribution in [3.05, 3.63) is 78.4 Å². The van der Waals surface area contributed by atoms with Crippen LogP contribution in [0.15, 0.2) is 67.0 Å². The molecule has 5 nitrogen and oxygen atoms in total. The zero-order valence-electron chi connectivity index (χ0n) is 15.3. The SMILES string of the molecule is CC(C)n1cccc1[C@@H]1[C@H](c2ccccn2)NC(=S)N1c1ccccc1O. The number of hydrogen-bond acceptors (Lipinski definition) is 3. The molecule has 3 heterocycles. The van der Waals surface area contributed by atoms with Crippen molar-refractivity contribution in [3.63, 3.8) is 0 Å². The lowest BCUT2D eigenvalue weighted by atomic mass is 10.0. The predicted molar refractivity (Wildman–Crippen MR) is 111 cm³/mol. The van der Waals surface area contributed by atoms with Gasteiger partial charge in [-0.05, 0) is 62.5 Å². The second-order valence-corrected chi connectivity index (χ2v) is 7.31. The molecule has 2 aromatic heterocycles. The van der Waals surface area contributed by atoms with E-state index in [9.17, 15) is 5.11 Å². The minimum atomic E-state index is -0.127. The summed E-state index contributed by atoms with van der Waals surface area (Å²) in [6.45, 7) is 4.31. The number of aromatic nitrogens is 2. The normalized spacial score (nSPS) is 19.5. The van der Waals surface area contributed by atoms with Crippen LogP contribution in [-0.4, -0.2) is 19.8 Å². The number of pyridine rings is 1. The molecule has 0 saturated carbocycles. The molecule has 2 N–H and O–H groups in total. The van der Waals surface area contributed by atoms with Gasteiger partial charge in [-0.3, -0.25) is 4.98 Å². The van der Waals surface area contributed by atoms with Crippen LogP contribution in [0.4, 0.5) is 5.69 Å². The molecule has 27 heavy (non-hydrogen) atoms. The molecule has 2 atom stereocenters. The Morgan fingerprint density at radius 1 is 1.07 bits per heavy atom. The van der Waals surface area contributed by atoms with Gasteiger partial charge in [0.25, 0.3) is 0 Å². The molecule has 0 radical (unpaired) electrons. The molecule has 1 aliphatic rings. The number of aromatic hydroxyl groups is 1. The van der Waals surface area contributed by atoms with E-state index in [1.165, 1.54) is 0 Å². The molecular weight excluding hydrogens is 356 g/mol. The van der Waals surface area contributed by atoms with E-state index in [0.29, 0.717) is 16.8 Å². The van der Waals surface area contributed by atoms with E-state index in [0.717, 1.165) is 11.4 Å². The van der Waals surface area contributed by atoms with Gasteiger partial charge in [-0.2, -0.15) is 0 Å². The van der Waals surface area contributed by atoms with E-state index in [1.54, 1.807) is 12.3 Å². The van der Waals surface area contributed by atoms with Gasteiger partial charge in [-0.1, -0.05) is 18.2 Å². The van der Waals surface area contributed by atoms with Crippen molar-refractivity contribution < 1.29 is 5.11 Å². The first kappa shape index (κ1) is 17.5.